The van der Waals surface area contributed by atoms with Crippen LogP contribution in [0.3, 0.4) is 0 Å². The Balaban J connectivity index is 2.52. The summed E-state index contributed by atoms with van der Waals surface area (Å²) in [5.74, 6) is -1.19. The lowest BCUT2D eigenvalue weighted by atomic mass is 9.98. The van der Waals surface area contributed by atoms with Gasteiger partial charge in [0.1, 0.15) is 11.6 Å². The van der Waals surface area contributed by atoms with Crippen LogP contribution >= 0.6 is 27.5 Å². The van der Waals surface area contributed by atoms with E-state index in [1.165, 1.54) is 12.1 Å². The molecule has 0 heterocycles. The number of nitrogens with one attached hydrogen (secondary N) is 1. The maximum Gasteiger partial charge on any atom is 0.131 e. The van der Waals surface area contributed by atoms with Gasteiger partial charge in [0.2, 0.25) is 0 Å². The fourth-order valence-electron chi connectivity index (χ4n) is 1.95. The van der Waals surface area contributed by atoms with Gasteiger partial charge in [0, 0.05) is 21.1 Å². The molecule has 0 amide bonds. The summed E-state index contributed by atoms with van der Waals surface area (Å²) in [7, 11) is 1.71. The second kappa shape index (κ2) is 5.99. The van der Waals surface area contributed by atoms with Crippen molar-refractivity contribution >= 4 is 27.5 Å². The molecule has 0 bridgehead atoms. The first kappa shape index (κ1) is 14.4. The van der Waals surface area contributed by atoms with E-state index in [9.17, 15) is 8.78 Å². The van der Waals surface area contributed by atoms with Gasteiger partial charge >= 0.3 is 0 Å². The third kappa shape index (κ3) is 3.14. The predicted octanol–water partition coefficient (Wildman–Crippen LogP) is 4.69. The van der Waals surface area contributed by atoms with Crippen LogP contribution in [0, 0.1) is 11.6 Å². The van der Waals surface area contributed by atoms with Gasteiger partial charge in [-0.1, -0.05) is 33.6 Å². The van der Waals surface area contributed by atoms with Gasteiger partial charge in [-0.25, -0.2) is 8.78 Å². The van der Waals surface area contributed by atoms with Crippen LogP contribution in [-0.2, 0) is 0 Å². The largest absolute Gasteiger partial charge is 0.309 e. The Hall–Kier alpha value is -0.970. The van der Waals surface area contributed by atoms with E-state index in [2.05, 4.69) is 21.2 Å². The summed E-state index contributed by atoms with van der Waals surface area (Å²) < 4.78 is 27.7. The summed E-state index contributed by atoms with van der Waals surface area (Å²) in [5.41, 5.74) is 1.16. The third-order valence-electron chi connectivity index (χ3n) is 2.83. The van der Waals surface area contributed by atoms with Gasteiger partial charge in [-0.2, -0.15) is 0 Å². The lowest BCUT2D eigenvalue weighted by Crippen LogP contribution is -2.19. The zero-order chi connectivity index (χ0) is 14.0. The van der Waals surface area contributed by atoms with Crippen molar-refractivity contribution in [2.45, 2.75) is 6.04 Å². The number of halogens is 4. The molecule has 19 heavy (non-hydrogen) atoms. The van der Waals surface area contributed by atoms with Gasteiger partial charge < -0.3 is 5.32 Å². The monoisotopic (exact) mass is 345 g/mol. The molecular weight excluding hydrogens is 336 g/mol. The first-order valence-electron chi connectivity index (χ1n) is 5.60. The van der Waals surface area contributed by atoms with Crippen LogP contribution in [0.5, 0.6) is 0 Å². The number of hydrogen-bond acceptors (Lipinski definition) is 1. The molecule has 2 aromatic rings. The average molecular weight is 347 g/mol. The quantitative estimate of drug-likeness (QED) is 0.850. The van der Waals surface area contributed by atoms with E-state index < -0.39 is 17.7 Å². The first-order valence-corrected chi connectivity index (χ1v) is 6.77. The standard InChI is InChI=1S/C14H11BrClF2N/c1-19-14(10-4-3-9(17)7-13(10)18)11-6-8(16)2-5-12(11)15/h2-7,14,19H,1H3. The van der Waals surface area contributed by atoms with Crippen LogP contribution in [0.1, 0.15) is 17.2 Å². The molecule has 1 atom stereocenters. The van der Waals surface area contributed by atoms with Gasteiger partial charge in [0.15, 0.2) is 0 Å². The number of rotatable bonds is 3. The zero-order valence-electron chi connectivity index (χ0n) is 10.1. The molecule has 0 aliphatic heterocycles. The van der Waals surface area contributed by atoms with Crippen molar-refractivity contribution < 1.29 is 8.78 Å². The molecule has 1 unspecified atom stereocenters. The van der Waals surface area contributed by atoms with Gasteiger partial charge in [0.05, 0.1) is 6.04 Å². The summed E-state index contributed by atoms with van der Waals surface area (Å²) in [4.78, 5) is 0. The van der Waals surface area contributed by atoms with E-state index in [0.29, 0.717) is 10.6 Å². The van der Waals surface area contributed by atoms with Crippen LogP contribution in [0.2, 0.25) is 5.02 Å². The molecule has 1 N–H and O–H groups in total. The fraction of sp³-hybridized carbons (Fsp3) is 0.143. The second-order valence-electron chi connectivity index (χ2n) is 4.05. The molecule has 0 aliphatic carbocycles. The van der Waals surface area contributed by atoms with Crippen LogP contribution < -0.4 is 5.32 Å². The van der Waals surface area contributed by atoms with Crippen LogP contribution in [0.15, 0.2) is 40.9 Å². The molecule has 100 valence electrons. The minimum Gasteiger partial charge on any atom is -0.309 e. The minimum absolute atomic E-state index is 0.367. The van der Waals surface area contributed by atoms with E-state index in [-0.39, 0.29) is 0 Å². The number of hydrogen-bond donors (Lipinski definition) is 1. The number of benzene rings is 2. The molecule has 0 aliphatic rings. The van der Waals surface area contributed by atoms with Crippen molar-refractivity contribution in [3.05, 3.63) is 68.7 Å². The molecule has 5 heteroatoms. The minimum atomic E-state index is -0.596. The molecular formula is C14H11BrClF2N. The highest BCUT2D eigenvalue weighted by Crippen LogP contribution is 2.32. The summed E-state index contributed by atoms with van der Waals surface area (Å²) in [6.45, 7) is 0. The lowest BCUT2D eigenvalue weighted by molar-refractivity contribution is 0.551. The summed E-state index contributed by atoms with van der Waals surface area (Å²) >= 11 is 9.38. The summed E-state index contributed by atoms with van der Waals surface area (Å²) in [6.07, 6.45) is 0. The van der Waals surface area contributed by atoms with E-state index in [1.54, 1.807) is 25.2 Å². The predicted molar refractivity (Wildman–Crippen MR) is 76.4 cm³/mol. The van der Waals surface area contributed by atoms with Crippen molar-refractivity contribution in [3.63, 3.8) is 0 Å². The lowest BCUT2D eigenvalue weighted by Gasteiger charge is -2.19. The van der Waals surface area contributed by atoms with E-state index in [1.807, 2.05) is 0 Å². The Morgan fingerprint density at radius 1 is 1.11 bits per heavy atom. The Labute approximate surface area is 123 Å². The Bertz CT molecular complexity index is 604. The van der Waals surface area contributed by atoms with Gasteiger partial charge in [-0.15, -0.1) is 0 Å². The zero-order valence-corrected chi connectivity index (χ0v) is 12.4. The molecule has 1 nitrogen and oxygen atoms in total. The molecule has 0 spiro atoms. The Morgan fingerprint density at radius 3 is 2.47 bits per heavy atom. The second-order valence-corrected chi connectivity index (χ2v) is 5.34. The molecule has 0 saturated carbocycles. The van der Waals surface area contributed by atoms with Crippen molar-refractivity contribution in [1.82, 2.24) is 5.32 Å². The fourth-order valence-corrected chi connectivity index (χ4v) is 2.61. The van der Waals surface area contributed by atoms with Crippen LogP contribution in [0.25, 0.3) is 0 Å². The maximum absolute atomic E-state index is 13.9. The van der Waals surface area contributed by atoms with Crippen molar-refractivity contribution in [1.29, 1.82) is 0 Å². The average Bonchev–Trinajstić information content (AvgIpc) is 2.36. The van der Waals surface area contributed by atoms with E-state index in [0.717, 1.165) is 16.1 Å². The smallest absolute Gasteiger partial charge is 0.131 e. The highest BCUT2D eigenvalue weighted by Gasteiger charge is 2.19. The maximum atomic E-state index is 13.9. The molecule has 2 aromatic carbocycles. The third-order valence-corrected chi connectivity index (χ3v) is 3.79. The van der Waals surface area contributed by atoms with Crippen LogP contribution in [-0.4, -0.2) is 7.05 Å². The van der Waals surface area contributed by atoms with E-state index in [4.69, 9.17) is 11.6 Å². The van der Waals surface area contributed by atoms with Crippen LogP contribution in [0.4, 0.5) is 8.78 Å². The molecule has 0 aromatic heterocycles. The highest BCUT2D eigenvalue weighted by atomic mass is 79.9. The van der Waals surface area contributed by atoms with Gasteiger partial charge in [-0.3, -0.25) is 0 Å². The SMILES string of the molecule is CNC(c1ccc(F)cc1F)c1cc(Cl)ccc1Br. The molecule has 0 radical (unpaired) electrons. The summed E-state index contributed by atoms with van der Waals surface area (Å²) in [5, 5.41) is 3.57. The van der Waals surface area contributed by atoms with Gasteiger partial charge in [0.25, 0.3) is 0 Å². The highest BCUT2D eigenvalue weighted by molar-refractivity contribution is 9.10. The first-order chi connectivity index (χ1) is 9.02. The topological polar surface area (TPSA) is 12.0 Å². The normalized spacial score (nSPS) is 12.5. The van der Waals surface area contributed by atoms with Crippen molar-refractivity contribution in [3.8, 4) is 0 Å². The van der Waals surface area contributed by atoms with Crippen molar-refractivity contribution in [2.75, 3.05) is 7.05 Å². The molecule has 2 rings (SSSR count). The summed E-state index contributed by atoms with van der Waals surface area (Å²) in [6, 6.07) is 8.41. The Morgan fingerprint density at radius 2 is 1.84 bits per heavy atom. The van der Waals surface area contributed by atoms with Gasteiger partial charge in [-0.05, 0) is 36.9 Å². The molecule has 0 fully saturated rings. The van der Waals surface area contributed by atoms with E-state index >= 15 is 0 Å². The molecule has 0 saturated heterocycles. The van der Waals surface area contributed by atoms with Crippen molar-refractivity contribution in [2.24, 2.45) is 0 Å². The Kier molecular flexibility index (Phi) is 4.55.